The Morgan fingerprint density at radius 1 is 1.11 bits per heavy atom. The number of rotatable bonds is 4. The molecule has 1 aliphatic rings. The van der Waals surface area contributed by atoms with Crippen LogP contribution in [0.3, 0.4) is 0 Å². The molecule has 0 radical (unpaired) electrons. The van der Waals surface area contributed by atoms with Gasteiger partial charge in [0.2, 0.25) is 0 Å². The molecule has 1 fully saturated rings. The molecule has 0 aromatic heterocycles. The normalized spacial score (nSPS) is 14.9. The van der Waals surface area contributed by atoms with E-state index in [9.17, 15) is 14.4 Å². The Morgan fingerprint density at radius 3 is 2.36 bits per heavy atom. The first kappa shape index (κ1) is 21.5. The molecule has 0 aliphatic carbocycles. The lowest BCUT2D eigenvalue weighted by Gasteiger charge is -2.32. The molecule has 8 heteroatoms. The number of carbonyl (C=O) groups is 3. The molecule has 1 aromatic carbocycles. The first-order chi connectivity index (χ1) is 13.2. The van der Waals surface area contributed by atoms with Crippen molar-refractivity contribution in [2.75, 3.05) is 32.1 Å². The topological polar surface area (TPSA) is 99.8 Å². The van der Waals surface area contributed by atoms with E-state index in [0.29, 0.717) is 31.1 Å². The Labute approximate surface area is 166 Å². The van der Waals surface area contributed by atoms with Gasteiger partial charge in [-0.25, -0.2) is 4.79 Å². The highest BCUT2D eigenvalue weighted by atomic mass is 16.5. The predicted molar refractivity (Wildman–Crippen MR) is 107 cm³/mol. The largest absolute Gasteiger partial charge is 0.495 e. The number of nitrogens with zero attached hydrogens (tertiary/aromatic N) is 1. The molecule has 1 heterocycles. The van der Waals surface area contributed by atoms with Crippen LogP contribution in [0.5, 0.6) is 5.75 Å². The van der Waals surface area contributed by atoms with Gasteiger partial charge in [0.25, 0.3) is 0 Å². The van der Waals surface area contributed by atoms with E-state index in [0.717, 1.165) is 12.8 Å². The summed E-state index contributed by atoms with van der Waals surface area (Å²) >= 11 is 0. The van der Waals surface area contributed by atoms with Crippen molar-refractivity contribution in [1.29, 1.82) is 0 Å². The van der Waals surface area contributed by atoms with Gasteiger partial charge in [-0.15, -0.1) is 0 Å². The van der Waals surface area contributed by atoms with Crippen molar-refractivity contribution in [2.45, 2.75) is 39.2 Å². The van der Waals surface area contributed by atoms with E-state index in [1.165, 1.54) is 0 Å². The number of benzene rings is 1. The standard InChI is InChI=1S/C20H30N4O4/c1-20(2,3)23-18(26)17(25)21-13-14-9-11-24(12-10-14)19(27)22-15-7-5-6-8-16(15)28-4/h5-8,14H,9-13H2,1-4H3,(H,21,25)(H,22,27)(H,23,26). The first-order valence-electron chi connectivity index (χ1n) is 9.49. The van der Waals surface area contributed by atoms with E-state index in [-0.39, 0.29) is 11.9 Å². The van der Waals surface area contributed by atoms with Crippen molar-refractivity contribution in [1.82, 2.24) is 15.5 Å². The van der Waals surface area contributed by atoms with Crippen LogP contribution in [-0.2, 0) is 9.59 Å². The molecule has 4 amide bonds. The number of methoxy groups -OCH3 is 1. The third-order valence-electron chi connectivity index (χ3n) is 4.50. The van der Waals surface area contributed by atoms with Crippen molar-refractivity contribution in [2.24, 2.45) is 5.92 Å². The number of urea groups is 1. The number of ether oxygens (including phenoxy) is 1. The van der Waals surface area contributed by atoms with Gasteiger partial charge in [-0.3, -0.25) is 9.59 Å². The molecule has 3 N–H and O–H groups in total. The summed E-state index contributed by atoms with van der Waals surface area (Å²) in [5.74, 6) is -0.393. The molecule has 1 aliphatic heterocycles. The average molecular weight is 390 g/mol. The minimum Gasteiger partial charge on any atom is -0.495 e. The number of nitrogens with one attached hydrogen (secondary N) is 3. The highest BCUT2D eigenvalue weighted by Crippen LogP contribution is 2.24. The lowest BCUT2D eigenvalue weighted by molar-refractivity contribution is -0.140. The van der Waals surface area contributed by atoms with Crippen LogP contribution in [0, 0.1) is 5.92 Å². The fourth-order valence-corrected chi connectivity index (χ4v) is 3.00. The molecule has 0 saturated carbocycles. The smallest absolute Gasteiger partial charge is 0.321 e. The van der Waals surface area contributed by atoms with Gasteiger partial charge in [0, 0.05) is 25.2 Å². The fourth-order valence-electron chi connectivity index (χ4n) is 3.00. The first-order valence-corrected chi connectivity index (χ1v) is 9.49. The van der Waals surface area contributed by atoms with E-state index >= 15 is 0 Å². The molecule has 0 unspecified atom stereocenters. The average Bonchev–Trinajstić information content (AvgIpc) is 2.65. The van der Waals surface area contributed by atoms with E-state index in [4.69, 9.17) is 4.74 Å². The third kappa shape index (κ3) is 6.44. The molecule has 8 nitrogen and oxygen atoms in total. The number of carbonyl (C=O) groups excluding carboxylic acids is 3. The summed E-state index contributed by atoms with van der Waals surface area (Å²) in [5.41, 5.74) is 0.184. The van der Waals surface area contributed by atoms with Gasteiger partial charge in [0.15, 0.2) is 0 Å². The summed E-state index contributed by atoms with van der Waals surface area (Å²) in [6.07, 6.45) is 1.53. The Morgan fingerprint density at radius 2 is 1.75 bits per heavy atom. The van der Waals surface area contributed by atoms with Gasteiger partial charge in [-0.2, -0.15) is 0 Å². The molecule has 0 bridgehead atoms. The van der Waals surface area contributed by atoms with Crippen LogP contribution in [0.15, 0.2) is 24.3 Å². The lowest BCUT2D eigenvalue weighted by atomic mass is 9.97. The Balaban J connectivity index is 1.75. The maximum absolute atomic E-state index is 12.5. The van der Waals surface area contributed by atoms with Crippen LogP contribution < -0.4 is 20.7 Å². The second kappa shape index (κ2) is 9.43. The van der Waals surface area contributed by atoms with Gasteiger partial charge >= 0.3 is 17.8 Å². The number of anilines is 1. The fraction of sp³-hybridized carbons (Fsp3) is 0.550. The number of likely N-dealkylation sites (tertiary alicyclic amines) is 1. The molecule has 28 heavy (non-hydrogen) atoms. The summed E-state index contributed by atoms with van der Waals surface area (Å²) in [4.78, 5) is 37.9. The monoisotopic (exact) mass is 390 g/mol. The quantitative estimate of drug-likeness (QED) is 0.685. The minimum atomic E-state index is -0.624. The zero-order valence-electron chi connectivity index (χ0n) is 17.0. The van der Waals surface area contributed by atoms with Crippen molar-refractivity contribution >= 4 is 23.5 Å². The molecule has 0 atom stereocenters. The van der Waals surface area contributed by atoms with Gasteiger partial charge in [-0.05, 0) is 51.7 Å². The maximum Gasteiger partial charge on any atom is 0.321 e. The lowest BCUT2D eigenvalue weighted by Crippen LogP contribution is -2.49. The summed E-state index contributed by atoms with van der Waals surface area (Å²) in [6.45, 7) is 7.09. The summed E-state index contributed by atoms with van der Waals surface area (Å²) in [7, 11) is 1.56. The van der Waals surface area contributed by atoms with E-state index in [2.05, 4.69) is 16.0 Å². The van der Waals surface area contributed by atoms with Crippen LogP contribution in [0.1, 0.15) is 33.6 Å². The summed E-state index contributed by atoms with van der Waals surface area (Å²) in [5, 5.41) is 8.20. The second-order valence-corrected chi connectivity index (χ2v) is 7.98. The zero-order chi connectivity index (χ0) is 20.7. The second-order valence-electron chi connectivity index (χ2n) is 7.98. The minimum absolute atomic E-state index is 0.170. The Kier molecular flexibility index (Phi) is 7.25. The number of piperidine rings is 1. The number of hydrogen-bond acceptors (Lipinski definition) is 4. The van der Waals surface area contributed by atoms with Crippen LogP contribution in [0.4, 0.5) is 10.5 Å². The highest BCUT2D eigenvalue weighted by Gasteiger charge is 2.25. The predicted octanol–water partition coefficient (Wildman–Crippen LogP) is 1.97. The summed E-state index contributed by atoms with van der Waals surface area (Å²) < 4.78 is 5.25. The van der Waals surface area contributed by atoms with Crippen LogP contribution in [0.2, 0.25) is 0 Å². The zero-order valence-corrected chi connectivity index (χ0v) is 17.0. The molecule has 0 spiro atoms. The SMILES string of the molecule is COc1ccccc1NC(=O)N1CCC(CNC(=O)C(=O)NC(C)(C)C)CC1. The molecular weight excluding hydrogens is 360 g/mol. The molecule has 154 valence electrons. The summed E-state index contributed by atoms with van der Waals surface area (Å²) in [6, 6.07) is 7.09. The maximum atomic E-state index is 12.5. The van der Waals surface area contributed by atoms with Crippen molar-refractivity contribution < 1.29 is 19.1 Å². The van der Waals surface area contributed by atoms with Gasteiger partial charge < -0.3 is 25.6 Å². The van der Waals surface area contributed by atoms with E-state index < -0.39 is 17.4 Å². The van der Waals surface area contributed by atoms with Crippen LogP contribution in [-0.4, -0.2) is 55.0 Å². The molecular formula is C20H30N4O4. The molecule has 1 saturated heterocycles. The van der Waals surface area contributed by atoms with Crippen molar-refractivity contribution in [3.63, 3.8) is 0 Å². The van der Waals surface area contributed by atoms with Crippen LogP contribution in [0.25, 0.3) is 0 Å². The highest BCUT2D eigenvalue weighted by molar-refractivity contribution is 6.35. The Bertz CT molecular complexity index is 706. The van der Waals surface area contributed by atoms with Gasteiger partial charge in [0.05, 0.1) is 12.8 Å². The number of amides is 4. The van der Waals surface area contributed by atoms with E-state index in [1.54, 1.807) is 24.1 Å². The van der Waals surface area contributed by atoms with Crippen molar-refractivity contribution in [3.8, 4) is 5.75 Å². The third-order valence-corrected chi connectivity index (χ3v) is 4.50. The Hall–Kier alpha value is -2.77. The van der Waals surface area contributed by atoms with Crippen LogP contribution >= 0.6 is 0 Å². The van der Waals surface area contributed by atoms with Gasteiger partial charge in [0.1, 0.15) is 5.75 Å². The van der Waals surface area contributed by atoms with Gasteiger partial charge in [-0.1, -0.05) is 12.1 Å². The van der Waals surface area contributed by atoms with Crippen molar-refractivity contribution in [3.05, 3.63) is 24.3 Å². The number of para-hydroxylation sites is 2. The van der Waals surface area contributed by atoms with E-state index in [1.807, 2.05) is 32.9 Å². The molecule has 1 aromatic rings. The molecule has 2 rings (SSSR count). The number of hydrogen-bond donors (Lipinski definition) is 3.